The predicted molar refractivity (Wildman–Crippen MR) is 202 cm³/mol. The van der Waals surface area contributed by atoms with E-state index in [1.165, 1.54) is 60.6 Å². The molecule has 10 rings (SSSR count). The Morgan fingerprint density at radius 1 is 0.333 bits per heavy atom. The lowest BCUT2D eigenvalue weighted by atomic mass is 9.93. The normalized spacial score (nSPS) is 11.8. The van der Waals surface area contributed by atoms with Crippen molar-refractivity contribution >= 4 is 54.5 Å². The lowest BCUT2D eigenvalue weighted by Gasteiger charge is -2.13. The monoisotopic (exact) mass is 611 g/mol. The minimum atomic E-state index is 0.919. The van der Waals surface area contributed by atoms with E-state index in [1.54, 1.807) is 0 Å². The van der Waals surface area contributed by atoms with Gasteiger partial charge in [0, 0.05) is 32.6 Å². The third-order valence-electron chi connectivity index (χ3n) is 9.76. The number of furan rings is 1. The van der Waals surface area contributed by atoms with Gasteiger partial charge in [0.25, 0.3) is 0 Å². The van der Waals surface area contributed by atoms with E-state index in [9.17, 15) is 0 Å². The molecule has 0 unspecified atom stereocenters. The van der Waals surface area contributed by atoms with E-state index in [0.29, 0.717) is 0 Å². The number of hydrogen-bond acceptors (Lipinski definition) is 1. The van der Waals surface area contributed by atoms with E-state index in [4.69, 9.17) is 4.42 Å². The summed E-state index contributed by atoms with van der Waals surface area (Å²) in [5.74, 6) is 0. The average Bonchev–Trinajstić information content (AvgIpc) is 3.70. The van der Waals surface area contributed by atoms with Crippen molar-refractivity contribution in [3.05, 3.63) is 176 Å². The molecular formula is C46H29NO. The highest BCUT2D eigenvalue weighted by molar-refractivity contribution is 6.20. The number of para-hydroxylation sites is 2. The Bertz CT molecular complexity index is 2750. The van der Waals surface area contributed by atoms with Crippen LogP contribution in [0.3, 0.4) is 0 Å². The van der Waals surface area contributed by atoms with Gasteiger partial charge in [-0.2, -0.15) is 0 Å². The molecule has 0 saturated carbocycles. The molecular weight excluding hydrogens is 583 g/mol. The molecule has 0 aliphatic carbocycles. The first-order chi connectivity index (χ1) is 23.8. The van der Waals surface area contributed by atoms with Crippen LogP contribution in [0.5, 0.6) is 0 Å². The Balaban J connectivity index is 1.15. The van der Waals surface area contributed by atoms with Crippen molar-refractivity contribution in [3.8, 4) is 39.1 Å². The van der Waals surface area contributed by atoms with Crippen LogP contribution in [0.15, 0.2) is 180 Å². The van der Waals surface area contributed by atoms with Gasteiger partial charge in [0.1, 0.15) is 11.2 Å². The molecule has 2 heterocycles. The molecule has 0 N–H and O–H groups in total. The van der Waals surface area contributed by atoms with Crippen LogP contribution in [0, 0.1) is 0 Å². The minimum Gasteiger partial charge on any atom is -0.455 e. The molecule has 10 aromatic rings. The summed E-state index contributed by atoms with van der Waals surface area (Å²) in [5.41, 5.74) is 12.6. The SMILES string of the molecule is c1ccc(-c2cc(-c3ccccc3)cc(-c3ccc(-n4c5ccccc5c5cc6ccc7c8ccccc8oc7c6cc54)cc3)c2)cc1. The van der Waals surface area contributed by atoms with E-state index in [2.05, 4.69) is 174 Å². The van der Waals surface area contributed by atoms with E-state index in [0.717, 1.165) is 33.0 Å². The standard InChI is InChI=1S/C46H29NO/c1-3-11-30(12-4-1)34-25-35(31-13-5-2-6-14-31)27-36(26-34)32-19-22-37(23-20-32)47-43-17-9-7-15-38(43)42-28-33-21-24-40-39-16-8-10-18-45(39)48-46(40)41(33)29-44(42)47/h1-29H. The van der Waals surface area contributed by atoms with Crippen LogP contribution >= 0.6 is 0 Å². The second kappa shape index (κ2) is 10.6. The lowest BCUT2D eigenvalue weighted by molar-refractivity contribution is 0.672. The number of nitrogens with zero attached hydrogens (tertiary/aromatic N) is 1. The van der Waals surface area contributed by atoms with Crippen molar-refractivity contribution in [2.45, 2.75) is 0 Å². The maximum absolute atomic E-state index is 6.47. The number of hydrogen-bond donors (Lipinski definition) is 0. The summed E-state index contributed by atoms with van der Waals surface area (Å²) in [6, 6.07) is 63.3. The number of aromatic nitrogens is 1. The molecule has 2 aromatic heterocycles. The summed E-state index contributed by atoms with van der Waals surface area (Å²) in [6.07, 6.45) is 0. The van der Waals surface area contributed by atoms with Crippen molar-refractivity contribution in [1.82, 2.24) is 4.57 Å². The summed E-state index contributed by atoms with van der Waals surface area (Å²) in [5, 5.41) is 7.09. The zero-order valence-corrected chi connectivity index (χ0v) is 26.1. The van der Waals surface area contributed by atoms with Crippen molar-refractivity contribution in [1.29, 1.82) is 0 Å². The first-order valence-electron chi connectivity index (χ1n) is 16.4. The molecule has 0 saturated heterocycles. The van der Waals surface area contributed by atoms with Crippen LogP contribution in [-0.4, -0.2) is 4.57 Å². The van der Waals surface area contributed by atoms with Gasteiger partial charge in [0.15, 0.2) is 0 Å². The Morgan fingerprint density at radius 2 is 0.917 bits per heavy atom. The molecule has 2 heteroatoms. The number of rotatable bonds is 4. The van der Waals surface area contributed by atoms with Crippen molar-refractivity contribution in [3.63, 3.8) is 0 Å². The molecule has 0 aliphatic rings. The highest BCUT2D eigenvalue weighted by Crippen LogP contribution is 2.40. The van der Waals surface area contributed by atoms with Gasteiger partial charge >= 0.3 is 0 Å². The zero-order valence-electron chi connectivity index (χ0n) is 26.1. The second-order valence-electron chi connectivity index (χ2n) is 12.6. The minimum absolute atomic E-state index is 0.919. The largest absolute Gasteiger partial charge is 0.455 e. The van der Waals surface area contributed by atoms with Crippen LogP contribution in [0.25, 0.3) is 93.6 Å². The van der Waals surface area contributed by atoms with E-state index < -0.39 is 0 Å². The van der Waals surface area contributed by atoms with Crippen LogP contribution in [0.4, 0.5) is 0 Å². The average molecular weight is 612 g/mol. The quantitative estimate of drug-likeness (QED) is 0.194. The molecule has 48 heavy (non-hydrogen) atoms. The number of fused-ring (bicyclic) bond motifs is 8. The van der Waals surface area contributed by atoms with Gasteiger partial charge in [-0.25, -0.2) is 0 Å². The van der Waals surface area contributed by atoms with Gasteiger partial charge in [-0.15, -0.1) is 0 Å². The van der Waals surface area contributed by atoms with E-state index >= 15 is 0 Å². The maximum atomic E-state index is 6.47. The third-order valence-corrected chi connectivity index (χ3v) is 9.76. The highest BCUT2D eigenvalue weighted by atomic mass is 16.3. The van der Waals surface area contributed by atoms with Crippen molar-refractivity contribution in [2.75, 3.05) is 0 Å². The summed E-state index contributed by atoms with van der Waals surface area (Å²) >= 11 is 0. The molecule has 0 radical (unpaired) electrons. The van der Waals surface area contributed by atoms with Crippen molar-refractivity contribution < 1.29 is 4.42 Å². The summed E-state index contributed by atoms with van der Waals surface area (Å²) < 4.78 is 8.87. The fourth-order valence-corrected chi connectivity index (χ4v) is 7.44. The van der Waals surface area contributed by atoms with Gasteiger partial charge in [-0.3, -0.25) is 0 Å². The smallest absolute Gasteiger partial charge is 0.143 e. The fourth-order valence-electron chi connectivity index (χ4n) is 7.44. The Kier molecular flexibility index (Phi) is 5.91. The molecule has 0 aliphatic heterocycles. The Hall–Kier alpha value is -6.38. The van der Waals surface area contributed by atoms with Gasteiger partial charge in [0.2, 0.25) is 0 Å². The van der Waals surface area contributed by atoms with Gasteiger partial charge in [-0.1, -0.05) is 115 Å². The fraction of sp³-hybridized carbons (Fsp3) is 0. The van der Waals surface area contributed by atoms with Gasteiger partial charge in [0.05, 0.1) is 11.0 Å². The first-order valence-corrected chi connectivity index (χ1v) is 16.4. The Morgan fingerprint density at radius 3 is 1.60 bits per heavy atom. The molecule has 0 spiro atoms. The van der Waals surface area contributed by atoms with E-state index in [1.807, 2.05) is 6.07 Å². The molecule has 2 nitrogen and oxygen atoms in total. The molecule has 0 fully saturated rings. The molecule has 0 bridgehead atoms. The summed E-state index contributed by atoms with van der Waals surface area (Å²) in [4.78, 5) is 0. The predicted octanol–water partition coefficient (Wildman–Crippen LogP) is 12.8. The molecule has 224 valence electrons. The number of benzene rings is 8. The highest BCUT2D eigenvalue weighted by Gasteiger charge is 2.17. The third kappa shape index (κ3) is 4.20. The van der Waals surface area contributed by atoms with Gasteiger partial charge in [-0.05, 0) is 99.4 Å². The van der Waals surface area contributed by atoms with Crippen LogP contribution in [0.1, 0.15) is 0 Å². The van der Waals surface area contributed by atoms with Crippen LogP contribution < -0.4 is 0 Å². The van der Waals surface area contributed by atoms with Crippen molar-refractivity contribution in [2.24, 2.45) is 0 Å². The van der Waals surface area contributed by atoms with E-state index in [-0.39, 0.29) is 0 Å². The topological polar surface area (TPSA) is 18.1 Å². The summed E-state index contributed by atoms with van der Waals surface area (Å²) in [7, 11) is 0. The van der Waals surface area contributed by atoms with Crippen LogP contribution in [-0.2, 0) is 0 Å². The summed E-state index contributed by atoms with van der Waals surface area (Å²) in [6.45, 7) is 0. The molecule has 8 aromatic carbocycles. The molecule has 0 amide bonds. The van der Waals surface area contributed by atoms with Crippen LogP contribution in [0.2, 0.25) is 0 Å². The zero-order chi connectivity index (χ0) is 31.6. The maximum Gasteiger partial charge on any atom is 0.143 e. The second-order valence-corrected chi connectivity index (χ2v) is 12.6. The Labute approximate surface area is 277 Å². The molecule has 0 atom stereocenters. The van der Waals surface area contributed by atoms with Gasteiger partial charge < -0.3 is 8.98 Å². The first kappa shape index (κ1) is 26.8. The lowest BCUT2D eigenvalue weighted by Crippen LogP contribution is -1.94.